The number of thiophene rings is 1. The molecule has 0 amide bonds. The van der Waals surface area contributed by atoms with E-state index in [0.717, 1.165) is 17.1 Å². The normalized spacial score (nSPS) is 11.5. The molecule has 244 valence electrons. The van der Waals surface area contributed by atoms with Gasteiger partial charge in [-0.2, -0.15) is 0 Å². The van der Waals surface area contributed by atoms with Crippen molar-refractivity contribution < 1.29 is 0 Å². The number of fused-ring (bicyclic) bond motifs is 5. The smallest absolute Gasteiger partial charge is 0.0540 e. The Morgan fingerprint density at radius 3 is 1.79 bits per heavy atom. The molecule has 0 aliphatic heterocycles. The minimum Gasteiger partial charge on any atom is -0.309 e. The van der Waals surface area contributed by atoms with Crippen molar-refractivity contribution in [1.82, 2.24) is 0 Å². The first-order chi connectivity index (χ1) is 25.8. The van der Waals surface area contributed by atoms with Gasteiger partial charge in [0.2, 0.25) is 0 Å². The molecule has 2 heteroatoms. The van der Waals surface area contributed by atoms with E-state index in [9.17, 15) is 0 Å². The molecule has 0 unspecified atom stereocenters. The van der Waals surface area contributed by atoms with Crippen molar-refractivity contribution in [3.05, 3.63) is 200 Å². The van der Waals surface area contributed by atoms with Crippen LogP contribution in [0.3, 0.4) is 0 Å². The largest absolute Gasteiger partial charge is 0.309 e. The second-order valence-corrected chi connectivity index (χ2v) is 14.4. The molecule has 9 aromatic carbocycles. The van der Waals surface area contributed by atoms with Gasteiger partial charge in [0.05, 0.1) is 11.4 Å². The van der Waals surface area contributed by atoms with E-state index in [2.05, 4.69) is 205 Å². The highest BCUT2D eigenvalue weighted by molar-refractivity contribution is 7.26. The maximum Gasteiger partial charge on any atom is 0.0540 e. The first kappa shape index (κ1) is 30.4. The molecular weight excluding hydrogens is 647 g/mol. The predicted molar refractivity (Wildman–Crippen MR) is 225 cm³/mol. The Morgan fingerprint density at radius 1 is 0.327 bits per heavy atom. The maximum atomic E-state index is 2.44. The fourth-order valence-corrected chi connectivity index (χ4v) is 8.95. The molecule has 1 heterocycles. The van der Waals surface area contributed by atoms with Crippen molar-refractivity contribution >= 4 is 70.1 Å². The summed E-state index contributed by atoms with van der Waals surface area (Å²) in [6.45, 7) is 0. The minimum atomic E-state index is 1.11. The van der Waals surface area contributed by atoms with Crippen LogP contribution in [0.4, 0.5) is 17.1 Å². The summed E-state index contributed by atoms with van der Waals surface area (Å²) in [5.41, 5.74) is 10.7. The molecule has 0 aliphatic carbocycles. The second-order valence-electron chi connectivity index (χ2n) is 13.3. The van der Waals surface area contributed by atoms with Crippen LogP contribution >= 0.6 is 11.3 Å². The first-order valence-corrected chi connectivity index (χ1v) is 18.6. The Kier molecular flexibility index (Phi) is 7.41. The second kappa shape index (κ2) is 12.7. The first-order valence-electron chi connectivity index (χ1n) is 17.8. The zero-order valence-corrected chi connectivity index (χ0v) is 29.2. The van der Waals surface area contributed by atoms with Gasteiger partial charge in [-0.25, -0.2) is 0 Å². The number of benzene rings is 9. The van der Waals surface area contributed by atoms with Crippen LogP contribution < -0.4 is 4.90 Å². The molecule has 52 heavy (non-hydrogen) atoms. The summed E-state index contributed by atoms with van der Waals surface area (Å²) < 4.78 is 2.63. The number of para-hydroxylation sites is 1. The molecule has 0 N–H and O–H groups in total. The van der Waals surface area contributed by atoms with Crippen LogP contribution in [0.2, 0.25) is 0 Å². The summed E-state index contributed by atoms with van der Waals surface area (Å²) in [5, 5.41) is 7.57. The topological polar surface area (TPSA) is 3.24 Å². The summed E-state index contributed by atoms with van der Waals surface area (Å²) in [5.74, 6) is 0. The van der Waals surface area contributed by atoms with Gasteiger partial charge in [-0.3, -0.25) is 0 Å². The van der Waals surface area contributed by atoms with E-state index in [4.69, 9.17) is 0 Å². The van der Waals surface area contributed by atoms with Crippen LogP contribution in [-0.4, -0.2) is 0 Å². The van der Waals surface area contributed by atoms with Crippen molar-refractivity contribution in [3.63, 3.8) is 0 Å². The third kappa shape index (κ3) is 5.24. The standard InChI is InChI=1S/C50H33NS/c1-2-14-37-33-40(27-26-34(37)12-1)39-17-9-16-38(32-39)35-28-30-41(31-29-35)51(47-24-10-15-36-13-3-4-18-42(36)47)48-23-7-5-19-43(48)45-21-11-22-46-44-20-6-8-25-49(44)52-50(45)46/h1-33H. The van der Waals surface area contributed by atoms with E-state index in [1.165, 1.54) is 75.1 Å². The molecule has 0 radical (unpaired) electrons. The molecule has 10 rings (SSSR count). The monoisotopic (exact) mass is 679 g/mol. The molecule has 0 fully saturated rings. The van der Waals surface area contributed by atoms with Crippen LogP contribution in [0.25, 0.3) is 75.1 Å². The summed E-state index contributed by atoms with van der Waals surface area (Å²) in [6.07, 6.45) is 0. The van der Waals surface area contributed by atoms with Gasteiger partial charge in [-0.05, 0) is 80.9 Å². The summed E-state index contributed by atoms with van der Waals surface area (Å²) in [7, 11) is 0. The Morgan fingerprint density at radius 2 is 0.904 bits per heavy atom. The lowest BCUT2D eigenvalue weighted by atomic mass is 9.96. The van der Waals surface area contributed by atoms with Crippen LogP contribution in [-0.2, 0) is 0 Å². The van der Waals surface area contributed by atoms with Crippen molar-refractivity contribution in [2.24, 2.45) is 0 Å². The van der Waals surface area contributed by atoms with E-state index in [-0.39, 0.29) is 0 Å². The average molecular weight is 680 g/mol. The summed E-state index contributed by atoms with van der Waals surface area (Å²) >= 11 is 1.88. The molecule has 0 bridgehead atoms. The number of hydrogen-bond donors (Lipinski definition) is 0. The van der Waals surface area contributed by atoms with Crippen LogP contribution in [0.15, 0.2) is 200 Å². The van der Waals surface area contributed by atoms with E-state index in [1.807, 2.05) is 11.3 Å². The van der Waals surface area contributed by atoms with Gasteiger partial charge in [0.1, 0.15) is 0 Å². The average Bonchev–Trinajstić information content (AvgIpc) is 3.61. The lowest BCUT2D eigenvalue weighted by Crippen LogP contribution is -2.11. The highest BCUT2D eigenvalue weighted by atomic mass is 32.1. The molecule has 10 aromatic rings. The summed E-state index contributed by atoms with van der Waals surface area (Å²) in [4.78, 5) is 2.44. The number of nitrogens with zero attached hydrogens (tertiary/aromatic N) is 1. The van der Waals surface area contributed by atoms with E-state index >= 15 is 0 Å². The fraction of sp³-hybridized carbons (Fsp3) is 0. The van der Waals surface area contributed by atoms with Crippen LogP contribution in [0, 0.1) is 0 Å². The van der Waals surface area contributed by atoms with Crippen molar-refractivity contribution in [2.75, 3.05) is 4.90 Å². The van der Waals surface area contributed by atoms with Gasteiger partial charge < -0.3 is 4.90 Å². The molecule has 1 nitrogen and oxygen atoms in total. The van der Waals surface area contributed by atoms with Crippen molar-refractivity contribution in [1.29, 1.82) is 0 Å². The third-order valence-corrected chi connectivity index (χ3v) is 11.5. The quantitative estimate of drug-likeness (QED) is 0.169. The number of hydrogen-bond acceptors (Lipinski definition) is 2. The predicted octanol–water partition coefficient (Wildman–Crippen LogP) is 14.8. The van der Waals surface area contributed by atoms with Gasteiger partial charge in [-0.1, -0.05) is 158 Å². The lowest BCUT2D eigenvalue weighted by molar-refractivity contribution is 1.30. The lowest BCUT2D eigenvalue weighted by Gasteiger charge is -2.29. The molecule has 0 spiro atoms. The molecule has 0 saturated carbocycles. The van der Waals surface area contributed by atoms with Crippen LogP contribution in [0.1, 0.15) is 0 Å². The van der Waals surface area contributed by atoms with Crippen molar-refractivity contribution in [2.45, 2.75) is 0 Å². The zero-order chi connectivity index (χ0) is 34.4. The molecule has 0 aliphatic rings. The van der Waals surface area contributed by atoms with Gasteiger partial charge in [-0.15, -0.1) is 11.3 Å². The zero-order valence-electron chi connectivity index (χ0n) is 28.4. The van der Waals surface area contributed by atoms with E-state index in [1.54, 1.807) is 0 Å². The van der Waals surface area contributed by atoms with Gasteiger partial charge in [0.25, 0.3) is 0 Å². The maximum absolute atomic E-state index is 2.44. The number of anilines is 3. The van der Waals surface area contributed by atoms with E-state index < -0.39 is 0 Å². The van der Waals surface area contributed by atoms with Gasteiger partial charge in [0, 0.05) is 42.4 Å². The van der Waals surface area contributed by atoms with E-state index in [0.29, 0.717) is 0 Å². The summed E-state index contributed by atoms with van der Waals surface area (Å²) in [6, 6.07) is 72.9. The van der Waals surface area contributed by atoms with Crippen LogP contribution in [0.5, 0.6) is 0 Å². The highest BCUT2D eigenvalue weighted by Crippen LogP contribution is 2.47. The Balaban J connectivity index is 1.11. The SMILES string of the molecule is c1cc(-c2ccc(N(c3ccccc3-c3cccc4c3sc3ccccc34)c3cccc4ccccc34)cc2)cc(-c2ccc3ccccc3c2)c1. The molecule has 0 atom stereocenters. The fourth-order valence-electron chi connectivity index (χ4n) is 7.72. The third-order valence-electron chi connectivity index (χ3n) is 10.3. The molecular formula is C50H33NS. The molecule has 1 aromatic heterocycles. The highest BCUT2D eigenvalue weighted by Gasteiger charge is 2.21. The Labute approximate surface area is 307 Å². The Hall–Kier alpha value is -6.48. The minimum absolute atomic E-state index is 1.11. The van der Waals surface area contributed by atoms with Crippen molar-refractivity contribution in [3.8, 4) is 33.4 Å². The molecule has 0 saturated heterocycles. The van der Waals surface area contributed by atoms with Gasteiger partial charge >= 0.3 is 0 Å². The number of rotatable bonds is 6. The van der Waals surface area contributed by atoms with Gasteiger partial charge in [0.15, 0.2) is 0 Å². The Bertz CT molecular complexity index is 2910.